The van der Waals surface area contributed by atoms with Crippen molar-refractivity contribution in [1.29, 1.82) is 0 Å². The van der Waals surface area contributed by atoms with E-state index in [1.54, 1.807) is 0 Å². The summed E-state index contributed by atoms with van der Waals surface area (Å²) in [6, 6.07) is 2.55. The maximum atomic E-state index is 12.5. The molecule has 1 unspecified atom stereocenters. The molecule has 1 rings (SSSR count). The summed E-state index contributed by atoms with van der Waals surface area (Å²) in [7, 11) is -2.23. The molecule has 0 heterocycles. The lowest BCUT2D eigenvalue weighted by molar-refractivity contribution is 0.171. The first-order chi connectivity index (χ1) is 9.87. The van der Waals surface area contributed by atoms with Gasteiger partial charge in [0.25, 0.3) is 0 Å². The van der Waals surface area contributed by atoms with E-state index in [1.165, 1.54) is 19.2 Å². The zero-order chi connectivity index (χ0) is 16.0. The normalized spacial score (nSPS) is 13.4. The fraction of sp³-hybridized carbons (Fsp3) is 0.538. The van der Waals surface area contributed by atoms with Crippen LogP contribution < -0.4 is 10.5 Å². The fourth-order valence-electron chi connectivity index (χ4n) is 1.98. The number of rotatable bonds is 8. The van der Waals surface area contributed by atoms with Crippen molar-refractivity contribution < 1.29 is 13.2 Å². The van der Waals surface area contributed by atoms with Gasteiger partial charge in [0.15, 0.2) is 0 Å². The monoisotopic (exact) mass is 354 g/mol. The third-order valence-corrected chi connectivity index (χ3v) is 5.43. The Balaban J connectivity index is 3.13. The highest BCUT2D eigenvalue weighted by atomic mass is 35.5. The molecule has 0 spiro atoms. The molecule has 1 atom stereocenters. The highest BCUT2D eigenvalue weighted by Crippen LogP contribution is 2.30. The quantitative estimate of drug-likeness (QED) is 0.751. The molecule has 0 aromatic heterocycles. The van der Waals surface area contributed by atoms with E-state index in [2.05, 4.69) is 4.72 Å². The molecule has 21 heavy (non-hydrogen) atoms. The Morgan fingerprint density at radius 2 is 2.05 bits per heavy atom. The zero-order valence-electron chi connectivity index (χ0n) is 12.0. The SMILES string of the molecule is CCCC(COC)NS(=O)(=O)c1ccc(Cl)c(CN)c1Cl. The second-order valence-electron chi connectivity index (χ2n) is 4.60. The van der Waals surface area contributed by atoms with Gasteiger partial charge >= 0.3 is 0 Å². The van der Waals surface area contributed by atoms with Gasteiger partial charge in [-0.15, -0.1) is 0 Å². The molecule has 3 N–H and O–H groups in total. The van der Waals surface area contributed by atoms with Crippen LogP contribution in [0, 0.1) is 0 Å². The summed E-state index contributed by atoms with van der Waals surface area (Å²) >= 11 is 12.1. The van der Waals surface area contributed by atoms with E-state index in [-0.39, 0.29) is 22.5 Å². The van der Waals surface area contributed by atoms with E-state index in [0.717, 1.165) is 6.42 Å². The van der Waals surface area contributed by atoms with Gasteiger partial charge in [0.2, 0.25) is 10.0 Å². The first kappa shape index (κ1) is 18.7. The Bertz CT molecular complexity index is 573. The molecule has 8 heteroatoms. The highest BCUT2D eigenvalue weighted by Gasteiger charge is 2.24. The molecule has 0 saturated carbocycles. The number of sulfonamides is 1. The second kappa shape index (κ2) is 8.31. The van der Waals surface area contributed by atoms with Crippen LogP contribution in [-0.4, -0.2) is 28.2 Å². The molecule has 5 nitrogen and oxygen atoms in total. The highest BCUT2D eigenvalue weighted by molar-refractivity contribution is 7.89. The van der Waals surface area contributed by atoms with Gasteiger partial charge in [-0.1, -0.05) is 36.5 Å². The lowest BCUT2D eigenvalue weighted by Gasteiger charge is -2.18. The van der Waals surface area contributed by atoms with Gasteiger partial charge in [0, 0.05) is 30.3 Å². The number of nitrogens with two attached hydrogens (primary N) is 1. The summed E-state index contributed by atoms with van der Waals surface area (Å²) in [5.41, 5.74) is 5.97. The number of methoxy groups -OCH3 is 1. The predicted molar refractivity (Wildman–Crippen MR) is 85.2 cm³/mol. The van der Waals surface area contributed by atoms with Crippen molar-refractivity contribution >= 4 is 33.2 Å². The first-order valence-electron chi connectivity index (χ1n) is 6.55. The smallest absolute Gasteiger partial charge is 0.242 e. The van der Waals surface area contributed by atoms with E-state index in [9.17, 15) is 8.42 Å². The molecule has 120 valence electrons. The largest absolute Gasteiger partial charge is 0.383 e. The van der Waals surface area contributed by atoms with E-state index >= 15 is 0 Å². The fourth-order valence-corrected chi connectivity index (χ4v) is 4.17. The summed E-state index contributed by atoms with van der Waals surface area (Å²) in [6.07, 6.45) is 1.50. The lowest BCUT2D eigenvalue weighted by atomic mass is 10.2. The third kappa shape index (κ3) is 4.81. The van der Waals surface area contributed by atoms with Crippen LogP contribution in [0.2, 0.25) is 10.0 Å². The van der Waals surface area contributed by atoms with Crippen LogP contribution in [0.5, 0.6) is 0 Å². The molecular formula is C13H20Cl2N2O3S. The van der Waals surface area contributed by atoms with Gasteiger partial charge in [-0.3, -0.25) is 0 Å². The molecule has 1 aromatic rings. The predicted octanol–water partition coefficient (Wildman–Crippen LogP) is 2.55. The van der Waals surface area contributed by atoms with E-state index in [0.29, 0.717) is 23.6 Å². The van der Waals surface area contributed by atoms with Crippen molar-refractivity contribution in [2.75, 3.05) is 13.7 Å². The summed E-state index contributed by atoms with van der Waals surface area (Å²) in [5, 5.41) is 0.411. The van der Waals surface area contributed by atoms with Crippen molar-refractivity contribution in [1.82, 2.24) is 4.72 Å². The number of benzene rings is 1. The number of hydrogen-bond acceptors (Lipinski definition) is 4. The molecular weight excluding hydrogens is 335 g/mol. The molecule has 0 radical (unpaired) electrons. The minimum Gasteiger partial charge on any atom is -0.383 e. The van der Waals surface area contributed by atoms with E-state index < -0.39 is 10.0 Å². The molecule has 0 aliphatic rings. The van der Waals surface area contributed by atoms with Crippen molar-refractivity contribution in [3.63, 3.8) is 0 Å². The molecule has 0 saturated heterocycles. The molecule has 0 bridgehead atoms. The topological polar surface area (TPSA) is 81.4 Å². The minimum absolute atomic E-state index is 0.0220. The van der Waals surface area contributed by atoms with Crippen molar-refractivity contribution in [2.24, 2.45) is 5.73 Å². The Morgan fingerprint density at radius 3 is 2.57 bits per heavy atom. The molecule has 0 aliphatic heterocycles. The van der Waals surface area contributed by atoms with Crippen LogP contribution in [0.3, 0.4) is 0 Å². The van der Waals surface area contributed by atoms with Crippen LogP contribution in [0.1, 0.15) is 25.3 Å². The number of nitrogens with one attached hydrogen (secondary N) is 1. The Morgan fingerprint density at radius 1 is 1.38 bits per heavy atom. The van der Waals surface area contributed by atoms with Crippen molar-refractivity contribution in [3.05, 3.63) is 27.7 Å². The third-order valence-electron chi connectivity index (χ3n) is 2.97. The van der Waals surface area contributed by atoms with Gasteiger partial charge in [-0.25, -0.2) is 13.1 Å². The molecule has 0 aliphatic carbocycles. The second-order valence-corrected chi connectivity index (χ2v) is 7.07. The van der Waals surface area contributed by atoms with Gasteiger partial charge in [0.05, 0.1) is 11.6 Å². The Labute approximate surface area is 135 Å². The van der Waals surface area contributed by atoms with Gasteiger partial charge in [-0.2, -0.15) is 0 Å². The standard InChI is InChI=1S/C13H20Cl2N2O3S/c1-3-4-9(8-20-2)17-21(18,19)12-6-5-11(14)10(7-16)13(12)15/h5-6,9,17H,3-4,7-8,16H2,1-2H3. The average molecular weight is 355 g/mol. The Hall–Kier alpha value is -0.370. The maximum absolute atomic E-state index is 12.5. The first-order valence-corrected chi connectivity index (χ1v) is 8.79. The van der Waals surface area contributed by atoms with Crippen molar-refractivity contribution in [3.8, 4) is 0 Å². The van der Waals surface area contributed by atoms with Crippen LogP contribution in [0.25, 0.3) is 0 Å². The summed E-state index contributed by atoms with van der Waals surface area (Å²) in [5.74, 6) is 0. The average Bonchev–Trinajstić information content (AvgIpc) is 2.39. The van der Waals surface area contributed by atoms with Crippen LogP contribution in [0.4, 0.5) is 0 Å². The van der Waals surface area contributed by atoms with E-state index in [4.69, 9.17) is 33.7 Å². The number of ether oxygens (including phenoxy) is 1. The molecule has 1 aromatic carbocycles. The van der Waals surface area contributed by atoms with Crippen molar-refractivity contribution in [2.45, 2.75) is 37.2 Å². The lowest BCUT2D eigenvalue weighted by Crippen LogP contribution is -2.38. The van der Waals surface area contributed by atoms with Crippen LogP contribution in [-0.2, 0) is 21.3 Å². The zero-order valence-corrected chi connectivity index (χ0v) is 14.4. The minimum atomic E-state index is -3.76. The summed E-state index contributed by atoms with van der Waals surface area (Å²) < 4.78 is 32.5. The van der Waals surface area contributed by atoms with Gasteiger partial charge in [-0.05, 0) is 18.6 Å². The van der Waals surface area contributed by atoms with Crippen LogP contribution in [0.15, 0.2) is 17.0 Å². The number of hydrogen-bond donors (Lipinski definition) is 2. The summed E-state index contributed by atoms with van der Waals surface area (Å²) in [4.78, 5) is -0.0220. The molecule has 0 fully saturated rings. The Kier molecular flexibility index (Phi) is 7.39. The van der Waals surface area contributed by atoms with Crippen LogP contribution >= 0.6 is 23.2 Å². The van der Waals surface area contributed by atoms with Gasteiger partial charge in [0.1, 0.15) is 4.90 Å². The number of halogens is 2. The molecule has 0 amide bonds. The summed E-state index contributed by atoms with van der Waals surface area (Å²) in [6.45, 7) is 2.33. The van der Waals surface area contributed by atoms with E-state index in [1.807, 2.05) is 6.92 Å². The van der Waals surface area contributed by atoms with Gasteiger partial charge < -0.3 is 10.5 Å². The maximum Gasteiger partial charge on any atom is 0.242 e.